The molecule has 0 aromatic carbocycles. The lowest BCUT2D eigenvalue weighted by molar-refractivity contribution is -0.208. The second-order valence-corrected chi connectivity index (χ2v) is 3.11. The minimum atomic E-state index is -0.483. The quantitative estimate of drug-likeness (QED) is 0.644. The van der Waals surface area contributed by atoms with Crippen molar-refractivity contribution in [1.29, 1.82) is 0 Å². The Labute approximate surface area is 62.2 Å². The molecular weight excluding hydrogens is 128 g/mol. The Morgan fingerprint density at radius 2 is 1.90 bits per heavy atom. The van der Waals surface area contributed by atoms with Crippen molar-refractivity contribution >= 4 is 0 Å². The van der Waals surface area contributed by atoms with Gasteiger partial charge in [0.2, 0.25) is 0 Å². The Kier molecular flexibility index (Phi) is 2.32. The molecule has 1 aliphatic heterocycles. The van der Waals surface area contributed by atoms with E-state index in [4.69, 9.17) is 4.74 Å². The van der Waals surface area contributed by atoms with Crippen LogP contribution in [0.2, 0.25) is 0 Å². The lowest BCUT2D eigenvalue weighted by Gasteiger charge is -2.42. The monoisotopic (exact) mass is 144 g/mol. The first-order valence-electron chi connectivity index (χ1n) is 4.03. The van der Waals surface area contributed by atoms with E-state index >= 15 is 0 Å². The third-order valence-electron chi connectivity index (χ3n) is 2.45. The van der Waals surface area contributed by atoms with Crippen molar-refractivity contribution < 1.29 is 9.84 Å². The van der Waals surface area contributed by atoms with E-state index in [1.807, 2.05) is 0 Å². The first kappa shape index (κ1) is 8.02. The molecule has 0 spiro atoms. The second-order valence-electron chi connectivity index (χ2n) is 3.11. The Morgan fingerprint density at radius 1 is 1.40 bits per heavy atom. The van der Waals surface area contributed by atoms with Crippen molar-refractivity contribution in [3.8, 4) is 0 Å². The molecule has 2 heteroatoms. The maximum Gasteiger partial charge on any atom is 0.114 e. The summed E-state index contributed by atoms with van der Waals surface area (Å²) in [5.74, 6) is 0.432. The fourth-order valence-electron chi connectivity index (χ4n) is 1.60. The molecule has 0 atom stereocenters. The average molecular weight is 144 g/mol. The Balaban J connectivity index is 2.43. The van der Waals surface area contributed by atoms with Gasteiger partial charge in [-0.15, -0.1) is 0 Å². The molecule has 1 N–H and O–H groups in total. The van der Waals surface area contributed by atoms with Crippen LogP contribution in [-0.2, 0) is 4.74 Å². The van der Waals surface area contributed by atoms with Crippen molar-refractivity contribution in [2.45, 2.75) is 32.3 Å². The Morgan fingerprint density at radius 3 is 2.00 bits per heavy atom. The number of ether oxygens (including phenoxy) is 1. The summed E-state index contributed by atoms with van der Waals surface area (Å²) in [6.07, 6.45) is 2.10. The van der Waals surface area contributed by atoms with Crippen molar-refractivity contribution in [3.05, 3.63) is 0 Å². The highest BCUT2D eigenvalue weighted by Gasteiger charge is 2.41. The maximum atomic E-state index is 9.74. The summed E-state index contributed by atoms with van der Waals surface area (Å²) in [7, 11) is 0. The van der Waals surface area contributed by atoms with E-state index in [9.17, 15) is 5.11 Å². The van der Waals surface area contributed by atoms with Gasteiger partial charge in [0.25, 0.3) is 0 Å². The van der Waals surface area contributed by atoms with Gasteiger partial charge in [-0.25, -0.2) is 0 Å². The molecule has 2 nitrogen and oxygen atoms in total. The number of rotatable bonds is 3. The van der Waals surface area contributed by atoms with E-state index in [1.54, 1.807) is 0 Å². The van der Waals surface area contributed by atoms with Gasteiger partial charge < -0.3 is 9.84 Å². The fourth-order valence-corrected chi connectivity index (χ4v) is 1.60. The maximum absolute atomic E-state index is 9.74. The van der Waals surface area contributed by atoms with E-state index in [0.29, 0.717) is 19.1 Å². The van der Waals surface area contributed by atoms with Gasteiger partial charge >= 0.3 is 0 Å². The van der Waals surface area contributed by atoms with Gasteiger partial charge in [0, 0.05) is 0 Å². The van der Waals surface area contributed by atoms with Crippen LogP contribution < -0.4 is 0 Å². The van der Waals surface area contributed by atoms with Gasteiger partial charge in [0.1, 0.15) is 5.60 Å². The highest BCUT2D eigenvalue weighted by Crippen LogP contribution is 2.30. The molecule has 1 saturated heterocycles. The van der Waals surface area contributed by atoms with Crippen LogP contribution in [0.4, 0.5) is 0 Å². The minimum Gasteiger partial charge on any atom is -0.385 e. The van der Waals surface area contributed by atoms with Crippen molar-refractivity contribution in [2.75, 3.05) is 13.2 Å². The zero-order valence-electron chi connectivity index (χ0n) is 6.76. The zero-order chi connectivity index (χ0) is 7.61. The Hall–Kier alpha value is -0.0800. The molecular formula is C8H16O2. The molecule has 0 bridgehead atoms. The summed E-state index contributed by atoms with van der Waals surface area (Å²) in [6.45, 7) is 5.31. The van der Waals surface area contributed by atoms with Crippen LogP contribution >= 0.6 is 0 Å². The number of hydrogen-bond acceptors (Lipinski definition) is 2. The first-order chi connectivity index (χ1) is 4.73. The average Bonchev–Trinajstić information content (AvgIpc) is 1.87. The van der Waals surface area contributed by atoms with Crippen LogP contribution in [-0.4, -0.2) is 23.9 Å². The normalized spacial score (nSPS) is 22.8. The molecule has 0 radical (unpaired) electrons. The van der Waals surface area contributed by atoms with Crippen LogP contribution in [0.25, 0.3) is 0 Å². The van der Waals surface area contributed by atoms with Gasteiger partial charge in [-0.3, -0.25) is 0 Å². The molecule has 60 valence electrons. The largest absolute Gasteiger partial charge is 0.385 e. The molecule has 10 heavy (non-hydrogen) atoms. The highest BCUT2D eigenvalue weighted by atomic mass is 16.5. The molecule has 1 rings (SSSR count). The predicted molar refractivity (Wildman–Crippen MR) is 39.8 cm³/mol. The topological polar surface area (TPSA) is 29.5 Å². The van der Waals surface area contributed by atoms with Crippen molar-refractivity contribution in [3.63, 3.8) is 0 Å². The lowest BCUT2D eigenvalue weighted by Crippen LogP contribution is -2.54. The van der Waals surface area contributed by atoms with Crippen LogP contribution in [0.5, 0.6) is 0 Å². The van der Waals surface area contributed by atoms with Crippen LogP contribution in [0.1, 0.15) is 26.7 Å². The summed E-state index contributed by atoms with van der Waals surface area (Å²) in [4.78, 5) is 0. The fraction of sp³-hybridized carbons (Fsp3) is 1.00. The van der Waals surface area contributed by atoms with Crippen LogP contribution in [0.3, 0.4) is 0 Å². The van der Waals surface area contributed by atoms with Gasteiger partial charge in [-0.05, 0) is 5.92 Å². The highest BCUT2D eigenvalue weighted by molar-refractivity contribution is 4.90. The van der Waals surface area contributed by atoms with Gasteiger partial charge in [-0.2, -0.15) is 0 Å². The van der Waals surface area contributed by atoms with Crippen molar-refractivity contribution in [2.24, 2.45) is 5.92 Å². The van der Waals surface area contributed by atoms with Gasteiger partial charge in [0.15, 0.2) is 0 Å². The van der Waals surface area contributed by atoms with E-state index in [1.165, 1.54) is 0 Å². The summed E-state index contributed by atoms with van der Waals surface area (Å²) < 4.78 is 4.97. The molecule has 1 fully saturated rings. The van der Waals surface area contributed by atoms with E-state index in [2.05, 4.69) is 13.8 Å². The Bertz CT molecular complexity index is 104. The lowest BCUT2D eigenvalue weighted by atomic mass is 9.82. The first-order valence-corrected chi connectivity index (χ1v) is 4.03. The molecule has 0 aromatic rings. The van der Waals surface area contributed by atoms with Gasteiger partial charge in [0.05, 0.1) is 13.2 Å². The summed E-state index contributed by atoms with van der Waals surface area (Å²) >= 11 is 0. The minimum absolute atomic E-state index is 0.432. The number of hydrogen-bond donors (Lipinski definition) is 1. The van der Waals surface area contributed by atoms with E-state index in [-0.39, 0.29) is 0 Å². The molecule has 0 unspecified atom stereocenters. The molecule has 1 aliphatic rings. The molecule has 0 amide bonds. The van der Waals surface area contributed by atoms with Crippen LogP contribution in [0.15, 0.2) is 0 Å². The van der Waals surface area contributed by atoms with E-state index in [0.717, 1.165) is 12.8 Å². The standard InChI is InChI=1S/C8H16O2/c1-3-7(4-2)8(9)5-10-6-8/h7,9H,3-6H2,1-2H3. The molecule has 0 aromatic heterocycles. The summed E-state index contributed by atoms with van der Waals surface area (Å²) in [6, 6.07) is 0. The molecule has 0 saturated carbocycles. The predicted octanol–water partition coefficient (Wildman–Crippen LogP) is 1.18. The number of aliphatic hydroxyl groups is 1. The van der Waals surface area contributed by atoms with Gasteiger partial charge in [-0.1, -0.05) is 26.7 Å². The van der Waals surface area contributed by atoms with Crippen LogP contribution in [0, 0.1) is 5.92 Å². The SMILES string of the molecule is CCC(CC)C1(O)COC1. The van der Waals surface area contributed by atoms with E-state index < -0.39 is 5.60 Å². The summed E-state index contributed by atoms with van der Waals surface area (Å²) in [5.41, 5.74) is -0.483. The zero-order valence-corrected chi connectivity index (χ0v) is 6.76. The molecule has 0 aliphatic carbocycles. The van der Waals surface area contributed by atoms with Crippen molar-refractivity contribution in [1.82, 2.24) is 0 Å². The second kappa shape index (κ2) is 2.89. The smallest absolute Gasteiger partial charge is 0.114 e. The third kappa shape index (κ3) is 1.18. The third-order valence-corrected chi connectivity index (χ3v) is 2.45. The molecule has 1 heterocycles. The summed E-state index contributed by atoms with van der Waals surface area (Å²) in [5, 5.41) is 9.74.